The molecule has 0 aliphatic heterocycles. The number of hydrogen-bond acceptors (Lipinski definition) is 6. The molecule has 0 rings (SSSR count). The Morgan fingerprint density at radius 1 is 0.247 bits per heavy atom. The minimum Gasteiger partial charge on any atom is -0.462 e. The van der Waals surface area contributed by atoms with Crippen molar-refractivity contribution in [2.24, 2.45) is 0 Å². The number of unbranched alkanes of at least 4 members (excludes halogenated alkanes) is 6. The summed E-state index contributed by atoms with van der Waals surface area (Å²) in [6.07, 6.45) is 104. The van der Waals surface area contributed by atoms with Crippen molar-refractivity contribution >= 4 is 17.9 Å². The van der Waals surface area contributed by atoms with Gasteiger partial charge < -0.3 is 14.2 Å². The molecule has 0 bridgehead atoms. The van der Waals surface area contributed by atoms with Gasteiger partial charge in [0.1, 0.15) is 13.2 Å². The van der Waals surface area contributed by atoms with Crippen LogP contribution in [0.15, 0.2) is 219 Å². The fraction of sp³-hybridized carbons (Fsp3) is 0.480. The van der Waals surface area contributed by atoms with Crippen molar-refractivity contribution in [3.63, 3.8) is 0 Å². The van der Waals surface area contributed by atoms with Gasteiger partial charge in [-0.05, 0) is 161 Å². The maximum atomic E-state index is 12.9. The van der Waals surface area contributed by atoms with Gasteiger partial charge in [0.25, 0.3) is 0 Å². The van der Waals surface area contributed by atoms with Gasteiger partial charge in [0.05, 0.1) is 0 Å². The average molecular weight is 1110 g/mol. The first kappa shape index (κ1) is 74.7. The lowest BCUT2D eigenvalue weighted by molar-refractivity contribution is -0.166. The topological polar surface area (TPSA) is 78.9 Å². The highest BCUT2D eigenvalue weighted by Gasteiger charge is 2.19. The largest absolute Gasteiger partial charge is 0.462 e. The van der Waals surface area contributed by atoms with Crippen LogP contribution < -0.4 is 0 Å². The average Bonchev–Trinajstić information content (AvgIpc) is 3.46. The van der Waals surface area contributed by atoms with Crippen LogP contribution in [0.4, 0.5) is 0 Å². The molecule has 0 saturated heterocycles. The molecular weight excluding hydrogens is 997 g/mol. The minimum atomic E-state index is -0.855. The molecule has 6 heteroatoms. The van der Waals surface area contributed by atoms with Crippen molar-refractivity contribution in [3.8, 4) is 0 Å². The van der Waals surface area contributed by atoms with Crippen molar-refractivity contribution in [2.75, 3.05) is 13.2 Å². The summed E-state index contributed by atoms with van der Waals surface area (Å²) in [5.41, 5.74) is 0. The lowest BCUT2D eigenvalue weighted by atomic mass is 10.1. The van der Waals surface area contributed by atoms with E-state index < -0.39 is 6.10 Å². The molecule has 1 atom stereocenters. The number of carbonyl (C=O) groups is 3. The number of carbonyl (C=O) groups excluding carboxylic acids is 3. The summed E-state index contributed by atoms with van der Waals surface area (Å²) < 4.78 is 16.8. The number of ether oxygens (including phenoxy) is 3. The summed E-state index contributed by atoms with van der Waals surface area (Å²) in [5.74, 6) is -1.11. The SMILES string of the molecule is CC/C=C\C/C=C\C/C=C\C/C=C\C/C=C\C/C=C\C/C=C\C/C=C\CCCCC(=O)OCC(COC(=O)CC/C=C\C/C=C\C/C=C\C/C=C\CC)OC(=O)CCCCCC/C=C\C/C=C\C/C=C\C/C=C\C/C=C\C/C=C\CC. The molecule has 0 N–H and O–H groups in total. The Balaban J connectivity index is 4.58. The Kier molecular flexibility index (Phi) is 61.1. The standard InChI is InChI=1S/C75H110O6/c1-4-7-10-13-16-19-22-25-27-29-31-33-35-36-37-38-40-41-43-45-47-50-53-56-59-62-65-68-74(77)80-71-72(70-79-73(76)67-64-61-58-55-52-49-24-21-18-15-12-9-6-3)81-75(78)69-66-63-60-57-54-51-48-46-44-42-39-34-32-30-28-26-23-20-17-14-11-8-5-2/h7-12,16-21,25-28,31-34,36-37,40-42,44-45,47-49,51-53,56,58,61,72H,4-6,13-15,22-24,29-30,35,38-39,43,46,50,54-55,57,59-60,62-71H2,1-3H3/b10-7-,11-8-,12-9-,19-16-,20-17-,21-18-,27-25-,28-26-,33-31-,34-32-,37-36-,41-40-,44-42-,47-45-,51-48-,52-49-,56-53-,61-58-. The minimum absolute atomic E-state index is 0.147. The summed E-state index contributed by atoms with van der Waals surface area (Å²) in [7, 11) is 0. The molecule has 0 fully saturated rings. The Bertz CT molecular complexity index is 2050. The fourth-order valence-corrected chi connectivity index (χ4v) is 7.41. The van der Waals surface area contributed by atoms with Gasteiger partial charge in [0, 0.05) is 19.3 Å². The van der Waals surface area contributed by atoms with Crippen molar-refractivity contribution in [3.05, 3.63) is 219 Å². The van der Waals surface area contributed by atoms with Gasteiger partial charge >= 0.3 is 17.9 Å². The molecule has 81 heavy (non-hydrogen) atoms. The van der Waals surface area contributed by atoms with E-state index in [9.17, 15) is 14.4 Å². The summed E-state index contributed by atoms with van der Waals surface area (Å²) in [4.78, 5) is 38.2. The van der Waals surface area contributed by atoms with E-state index in [1.54, 1.807) is 0 Å². The van der Waals surface area contributed by atoms with Crippen LogP contribution >= 0.6 is 0 Å². The Morgan fingerprint density at radius 3 is 0.778 bits per heavy atom. The highest BCUT2D eigenvalue weighted by molar-refractivity contribution is 5.71. The van der Waals surface area contributed by atoms with Gasteiger partial charge in [-0.25, -0.2) is 0 Å². The predicted molar refractivity (Wildman–Crippen MR) is 352 cm³/mol. The first-order valence-corrected chi connectivity index (χ1v) is 31.2. The molecule has 0 heterocycles. The normalized spacial score (nSPS) is 13.7. The van der Waals surface area contributed by atoms with Gasteiger partial charge in [0.15, 0.2) is 6.10 Å². The monoisotopic (exact) mass is 1110 g/mol. The second kappa shape index (κ2) is 66.2. The van der Waals surface area contributed by atoms with Crippen LogP contribution in [0.1, 0.15) is 213 Å². The second-order valence-electron chi connectivity index (χ2n) is 19.5. The Morgan fingerprint density at radius 2 is 0.469 bits per heavy atom. The quantitative estimate of drug-likeness (QED) is 0.0261. The highest BCUT2D eigenvalue weighted by Crippen LogP contribution is 2.11. The maximum absolute atomic E-state index is 12.9. The molecule has 1 unspecified atom stereocenters. The molecule has 0 spiro atoms. The van der Waals surface area contributed by atoms with Crippen LogP contribution in [-0.4, -0.2) is 37.2 Å². The van der Waals surface area contributed by atoms with Crippen LogP contribution in [0.25, 0.3) is 0 Å². The van der Waals surface area contributed by atoms with E-state index in [2.05, 4.69) is 227 Å². The van der Waals surface area contributed by atoms with Gasteiger partial charge in [0.2, 0.25) is 0 Å². The number of hydrogen-bond donors (Lipinski definition) is 0. The molecule has 0 amide bonds. The Hall–Kier alpha value is -6.27. The van der Waals surface area contributed by atoms with E-state index in [0.29, 0.717) is 19.3 Å². The molecule has 0 aliphatic carbocycles. The first-order valence-electron chi connectivity index (χ1n) is 31.2. The number of rotatable bonds is 53. The van der Waals surface area contributed by atoms with Gasteiger partial charge in [-0.15, -0.1) is 0 Å². The van der Waals surface area contributed by atoms with Crippen LogP contribution in [0, 0.1) is 0 Å². The van der Waals surface area contributed by atoms with Crippen LogP contribution in [-0.2, 0) is 28.6 Å². The predicted octanol–water partition coefficient (Wildman–Crippen LogP) is 21.8. The second-order valence-corrected chi connectivity index (χ2v) is 19.5. The van der Waals surface area contributed by atoms with Crippen LogP contribution in [0.5, 0.6) is 0 Å². The van der Waals surface area contributed by atoms with E-state index in [1.807, 2.05) is 12.2 Å². The zero-order chi connectivity index (χ0) is 58.5. The molecule has 0 aromatic carbocycles. The lowest BCUT2D eigenvalue weighted by Crippen LogP contribution is -2.30. The van der Waals surface area contributed by atoms with Crippen molar-refractivity contribution in [1.82, 2.24) is 0 Å². The smallest absolute Gasteiger partial charge is 0.306 e. The van der Waals surface area contributed by atoms with Crippen molar-refractivity contribution in [2.45, 2.75) is 219 Å². The highest BCUT2D eigenvalue weighted by atomic mass is 16.6. The third-order valence-corrected chi connectivity index (χ3v) is 12.0. The summed E-state index contributed by atoms with van der Waals surface area (Å²) >= 11 is 0. The van der Waals surface area contributed by atoms with Crippen LogP contribution in [0.2, 0.25) is 0 Å². The van der Waals surface area contributed by atoms with Gasteiger partial charge in [-0.1, -0.05) is 252 Å². The van der Waals surface area contributed by atoms with Crippen molar-refractivity contribution < 1.29 is 28.6 Å². The molecule has 0 aliphatic rings. The zero-order valence-corrected chi connectivity index (χ0v) is 50.9. The number of allylic oxidation sites excluding steroid dienone is 36. The third kappa shape index (κ3) is 64.4. The van der Waals surface area contributed by atoms with E-state index in [-0.39, 0.29) is 50.4 Å². The third-order valence-electron chi connectivity index (χ3n) is 12.0. The zero-order valence-electron chi connectivity index (χ0n) is 50.9. The first-order chi connectivity index (χ1) is 40.0. The molecule has 0 aromatic rings. The molecular formula is C75H110O6. The van der Waals surface area contributed by atoms with E-state index in [1.165, 1.54) is 0 Å². The van der Waals surface area contributed by atoms with Crippen LogP contribution in [0.3, 0.4) is 0 Å². The molecule has 446 valence electrons. The summed E-state index contributed by atoms with van der Waals surface area (Å²) in [6.45, 7) is 6.14. The number of esters is 3. The summed E-state index contributed by atoms with van der Waals surface area (Å²) in [5, 5.41) is 0. The summed E-state index contributed by atoms with van der Waals surface area (Å²) in [6, 6.07) is 0. The maximum Gasteiger partial charge on any atom is 0.306 e. The fourth-order valence-electron chi connectivity index (χ4n) is 7.41. The van der Waals surface area contributed by atoms with Gasteiger partial charge in [-0.2, -0.15) is 0 Å². The van der Waals surface area contributed by atoms with E-state index in [0.717, 1.165) is 154 Å². The molecule has 0 radical (unpaired) electrons. The lowest BCUT2D eigenvalue weighted by Gasteiger charge is -2.18. The van der Waals surface area contributed by atoms with E-state index >= 15 is 0 Å². The molecule has 6 nitrogen and oxygen atoms in total. The molecule has 0 aromatic heterocycles. The van der Waals surface area contributed by atoms with Crippen molar-refractivity contribution in [1.29, 1.82) is 0 Å². The van der Waals surface area contributed by atoms with Gasteiger partial charge in [-0.3, -0.25) is 14.4 Å². The van der Waals surface area contributed by atoms with E-state index in [4.69, 9.17) is 14.2 Å². The molecule has 0 saturated carbocycles. The Labute approximate surface area is 495 Å².